The van der Waals surface area contributed by atoms with E-state index in [4.69, 9.17) is 0 Å². The third-order valence-electron chi connectivity index (χ3n) is 4.96. The Labute approximate surface area is 124 Å². The fourth-order valence-electron chi connectivity index (χ4n) is 3.61. The lowest BCUT2D eigenvalue weighted by Crippen LogP contribution is -2.46. The van der Waals surface area contributed by atoms with Gasteiger partial charge in [-0.3, -0.25) is 4.79 Å². The van der Waals surface area contributed by atoms with E-state index >= 15 is 0 Å². The van der Waals surface area contributed by atoms with Gasteiger partial charge in [0, 0.05) is 11.8 Å². The van der Waals surface area contributed by atoms with E-state index in [1.165, 1.54) is 6.42 Å². The molecular weight excluding hydrogens is 262 g/mol. The molecule has 1 aromatic rings. The van der Waals surface area contributed by atoms with Gasteiger partial charge in [-0.15, -0.1) is 5.10 Å². The maximum Gasteiger partial charge on any atom is 0.268 e. The van der Waals surface area contributed by atoms with Crippen LogP contribution >= 0.6 is 0 Å². The van der Waals surface area contributed by atoms with Crippen molar-refractivity contribution in [1.82, 2.24) is 5.32 Å². The van der Waals surface area contributed by atoms with Crippen LogP contribution in [0, 0.1) is 17.8 Å². The molecule has 2 saturated carbocycles. The second-order valence-electron chi connectivity index (χ2n) is 6.85. The maximum atomic E-state index is 12.6. The first-order valence-corrected chi connectivity index (χ1v) is 7.59. The van der Waals surface area contributed by atoms with Crippen molar-refractivity contribution in [3.05, 3.63) is 35.9 Å². The Morgan fingerprint density at radius 2 is 1.95 bits per heavy atom. The number of carbonyl (C=O) groups excluding carboxylic acids is 1. The number of rotatable bonds is 3. The van der Waals surface area contributed by atoms with Gasteiger partial charge < -0.3 is 5.32 Å². The molecule has 1 amide bonds. The molecule has 4 nitrogen and oxygen atoms in total. The van der Waals surface area contributed by atoms with Crippen LogP contribution in [-0.4, -0.2) is 17.3 Å². The summed E-state index contributed by atoms with van der Waals surface area (Å²) in [5.74, 6) is 1.48. The minimum absolute atomic E-state index is 0.0751. The van der Waals surface area contributed by atoms with E-state index < -0.39 is 5.54 Å². The third kappa shape index (κ3) is 2.01. The zero-order valence-corrected chi connectivity index (χ0v) is 12.3. The molecule has 3 atom stereocenters. The molecule has 108 valence electrons. The molecule has 1 aromatic carbocycles. The average Bonchev–Trinajstić information content (AvgIpc) is 2.94. The van der Waals surface area contributed by atoms with Gasteiger partial charge >= 0.3 is 0 Å². The Bertz CT molecular complexity index is 660. The Morgan fingerprint density at radius 3 is 2.71 bits per heavy atom. The number of amides is 1. The van der Waals surface area contributed by atoms with Gasteiger partial charge in [0.2, 0.25) is 0 Å². The van der Waals surface area contributed by atoms with Crippen molar-refractivity contribution < 1.29 is 4.79 Å². The first kappa shape index (κ1) is 12.7. The molecule has 2 fully saturated rings. The van der Waals surface area contributed by atoms with Gasteiger partial charge in [-0.05, 0) is 38.2 Å². The highest BCUT2D eigenvalue weighted by molar-refractivity contribution is 6.45. The summed E-state index contributed by atoms with van der Waals surface area (Å²) < 4.78 is 0. The summed E-state index contributed by atoms with van der Waals surface area (Å²) in [5, 5.41) is 11.6. The lowest BCUT2D eigenvalue weighted by Gasteiger charge is -2.27. The van der Waals surface area contributed by atoms with Gasteiger partial charge in [0.05, 0.1) is 11.3 Å². The number of benzene rings is 1. The molecule has 0 spiro atoms. The van der Waals surface area contributed by atoms with E-state index in [0.717, 1.165) is 23.6 Å². The van der Waals surface area contributed by atoms with Crippen molar-refractivity contribution in [3.63, 3.8) is 0 Å². The van der Waals surface area contributed by atoms with Gasteiger partial charge in [-0.2, -0.15) is 5.10 Å². The van der Waals surface area contributed by atoms with Crippen LogP contribution in [-0.2, 0) is 10.3 Å². The van der Waals surface area contributed by atoms with E-state index in [0.29, 0.717) is 11.6 Å². The normalized spacial score (nSPS) is 29.3. The summed E-state index contributed by atoms with van der Waals surface area (Å²) >= 11 is 0. The average molecular weight is 281 g/mol. The van der Waals surface area contributed by atoms with E-state index in [1.807, 2.05) is 44.2 Å². The third-order valence-corrected chi connectivity index (χ3v) is 4.96. The fraction of sp³-hybridized carbons (Fsp3) is 0.471. The van der Waals surface area contributed by atoms with E-state index in [9.17, 15) is 4.79 Å². The van der Waals surface area contributed by atoms with Gasteiger partial charge in [0.25, 0.3) is 5.91 Å². The second-order valence-corrected chi connectivity index (χ2v) is 6.85. The SMILES string of the molecule is CC(C)(NC(=O)C1=NN=C2C1CC1CC21)c1ccccc1. The molecule has 3 aliphatic rings. The van der Waals surface area contributed by atoms with Gasteiger partial charge in [-0.25, -0.2) is 0 Å². The Hall–Kier alpha value is -1.97. The number of fused-ring (bicyclic) bond motifs is 3. The molecule has 1 N–H and O–H groups in total. The van der Waals surface area contributed by atoms with Crippen LogP contribution in [0.25, 0.3) is 0 Å². The van der Waals surface area contributed by atoms with E-state index in [-0.39, 0.29) is 11.8 Å². The van der Waals surface area contributed by atoms with Crippen molar-refractivity contribution in [2.75, 3.05) is 0 Å². The molecule has 0 bridgehead atoms. The molecule has 21 heavy (non-hydrogen) atoms. The zero-order valence-electron chi connectivity index (χ0n) is 12.3. The Kier molecular flexibility index (Phi) is 2.59. The van der Waals surface area contributed by atoms with Gasteiger partial charge in [0.1, 0.15) is 5.71 Å². The summed E-state index contributed by atoms with van der Waals surface area (Å²) in [5.41, 5.74) is 2.45. The quantitative estimate of drug-likeness (QED) is 0.909. The van der Waals surface area contributed by atoms with Crippen molar-refractivity contribution in [1.29, 1.82) is 0 Å². The molecule has 4 heteroatoms. The molecule has 0 radical (unpaired) electrons. The van der Waals surface area contributed by atoms with Crippen molar-refractivity contribution in [2.24, 2.45) is 28.0 Å². The monoisotopic (exact) mass is 281 g/mol. The van der Waals surface area contributed by atoms with Crippen LogP contribution in [0.4, 0.5) is 0 Å². The van der Waals surface area contributed by atoms with Crippen LogP contribution in [0.5, 0.6) is 0 Å². The molecule has 1 aliphatic heterocycles. The molecule has 3 unspecified atom stereocenters. The van der Waals surface area contributed by atoms with Crippen molar-refractivity contribution >= 4 is 17.3 Å². The van der Waals surface area contributed by atoms with Crippen LogP contribution < -0.4 is 5.32 Å². The van der Waals surface area contributed by atoms with Crippen molar-refractivity contribution in [2.45, 2.75) is 32.2 Å². The zero-order chi connectivity index (χ0) is 14.6. The molecule has 0 aromatic heterocycles. The number of carbonyl (C=O) groups is 1. The minimum atomic E-state index is -0.412. The standard InChI is InChI=1S/C17H19N3O/c1-17(2,11-6-4-3-5-7-11)18-16(21)15-13-9-10-8-12(10)14(13)19-20-15/h3-7,10,12-13H,8-9H2,1-2H3,(H,18,21). The van der Waals surface area contributed by atoms with Crippen molar-refractivity contribution in [3.8, 4) is 0 Å². The number of nitrogens with zero attached hydrogens (tertiary/aromatic N) is 2. The summed E-state index contributed by atoms with van der Waals surface area (Å²) in [7, 11) is 0. The molecule has 0 saturated heterocycles. The largest absolute Gasteiger partial charge is 0.342 e. The Balaban J connectivity index is 1.49. The molecule has 2 aliphatic carbocycles. The van der Waals surface area contributed by atoms with Gasteiger partial charge in [0.15, 0.2) is 0 Å². The van der Waals surface area contributed by atoms with Crippen LogP contribution in [0.2, 0.25) is 0 Å². The van der Waals surface area contributed by atoms with E-state index in [1.54, 1.807) is 0 Å². The highest BCUT2D eigenvalue weighted by Crippen LogP contribution is 2.54. The Morgan fingerprint density at radius 1 is 1.19 bits per heavy atom. The summed E-state index contributed by atoms with van der Waals surface area (Å²) in [6.07, 6.45) is 2.30. The second kappa shape index (κ2) is 4.26. The maximum absolute atomic E-state index is 12.6. The first-order chi connectivity index (χ1) is 10.1. The highest BCUT2D eigenvalue weighted by Gasteiger charge is 2.55. The predicted molar refractivity (Wildman–Crippen MR) is 82.2 cm³/mol. The lowest BCUT2D eigenvalue weighted by atomic mass is 9.92. The molecule has 4 rings (SSSR count). The summed E-state index contributed by atoms with van der Waals surface area (Å²) in [4.78, 5) is 12.6. The predicted octanol–water partition coefficient (Wildman–Crippen LogP) is 2.50. The number of hydrogen-bond donors (Lipinski definition) is 1. The number of hydrogen-bond acceptors (Lipinski definition) is 3. The van der Waals surface area contributed by atoms with Gasteiger partial charge in [-0.1, -0.05) is 30.3 Å². The molecular formula is C17H19N3O. The summed E-state index contributed by atoms with van der Waals surface area (Å²) in [6, 6.07) is 10.0. The van der Waals surface area contributed by atoms with Crippen LogP contribution in [0.1, 0.15) is 32.3 Å². The molecule has 1 heterocycles. The minimum Gasteiger partial charge on any atom is -0.342 e. The van der Waals surface area contributed by atoms with Crippen LogP contribution in [0.3, 0.4) is 0 Å². The number of nitrogens with one attached hydrogen (secondary N) is 1. The van der Waals surface area contributed by atoms with E-state index in [2.05, 4.69) is 15.5 Å². The smallest absolute Gasteiger partial charge is 0.268 e. The summed E-state index contributed by atoms with van der Waals surface area (Å²) in [6.45, 7) is 4.03. The topological polar surface area (TPSA) is 53.8 Å². The first-order valence-electron chi connectivity index (χ1n) is 7.59. The highest BCUT2D eigenvalue weighted by atomic mass is 16.2. The van der Waals surface area contributed by atoms with Crippen LogP contribution in [0.15, 0.2) is 40.5 Å². The fourth-order valence-corrected chi connectivity index (χ4v) is 3.61. The lowest BCUT2D eigenvalue weighted by molar-refractivity contribution is -0.116.